The lowest BCUT2D eigenvalue weighted by atomic mass is 9.72. The summed E-state index contributed by atoms with van der Waals surface area (Å²) in [4.78, 5) is 26.8. The number of rotatable bonds is 4. The van der Waals surface area contributed by atoms with Gasteiger partial charge in [-0.2, -0.15) is 18.3 Å². The molecule has 0 fully saturated rings. The van der Waals surface area contributed by atoms with Crippen LogP contribution in [0.5, 0.6) is 0 Å². The van der Waals surface area contributed by atoms with E-state index in [2.05, 4.69) is 10.4 Å². The molecule has 2 aromatic heterocycles. The molecule has 4 aromatic rings. The van der Waals surface area contributed by atoms with E-state index in [9.17, 15) is 27.9 Å². The molecule has 2 aromatic carbocycles. The Balaban J connectivity index is 1.61. The number of allylic oxidation sites excluding steroid dienone is 2. The zero-order valence-corrected chi connectivity index (χ0v) is 21.4. The lowest BCUT2D eigenvalue weighted by Crippen LogP contribution is -2.31. The SMILES string of the molecule is Cc1nn(-c2ccccc2C(=O)O)c2c1[C@H](c1ccccc1C(F)(F)F)C1=C(C[C@H](c3cccs3)CC1=O)N2. The Morgan fingerprint density at radius 1 is 1.08 bits per heavy atom. The number of carbonyl (C=O) groups is 2. The highest BCUT2D eigenvalue weighted by Gasteiger charge is 2.45. The van der Waals surface area contributed by atoms with E-state index in [4.69, 9.17) is 0 Å². The number of aromatic carboxylic acids is 1. The Morgan fingerprint density at radius 2 is 1.82 bits per heavy atom. The third-order valence-electron chi connectivity index (χ3n) is 7.35. The number of nitrogens with zero attached hydrogens (tertiary/aromatic N) is 2. The van der Waals surface area contributed by atoms with Crippen LogP contribution >= 0.6 is 11.3 Å². The van der Waals surface area contributed by atoms with E-state index in [1.807, 2.05) is 17.5 Å². The van der Waals surface area contributed by atoms with Crippen LogP contribution in [0.2, 0.25) is 0 Å². The van der Waals surface area contributed by atoms with Crippen LogP contribution in [0.25, 0.3) is 5.69 Å². The normalized spacial score (nSPS) is 18.9. The van der Waals surface area contributed by atoms with Gasteiger partial charge in [-0.15, -0.1) is 11.3 Å². The van der Waals surface area contributed by atoms with Crippen molar-refractivity contribution in [3.63, 3.8) is 0 Å². The number of thiophene rings is 1. The van der Waals surface area contributed by atoms with E-state index in [-0.39, 0.29) is 34.9 Å². The molecule has 0 saturated carbocycles. The fourth-order valence-electron chi connectivity index (χ4n) is 5.73. The van der Waals surface area contributed by atoms with Gasteiger partial charge in [0.1, 0.15) is 5.82 Å². The zero-order valence-electron chi connectivity index (χ0n) is 20.6. The first-order valence-corrected chi connectivity index (χ1v) is 13.2. The van der Waals surface area contributed by atoms with Gasteiger partial charge in [-0.05, 0) is 48.6 Å². The summed E-state index contributed by atoms with van der Waals surface area (Å²) in [5.74, 6) is -2.15. The molecule has 0 amide bonds. The number of Topliss-reactive ketones (excluding diaryl/α,β-unsaturated/α-hetero) is 1. The average molecular weight is 550 g/mol. The predicted octanol–water partition coefficient (Wildman–Crippen LogP) is 6.92. The van der Waals surface area contributed by atoms with E-state index in [0.29, 0.717) is 34.8 Å². The number of anilines is 1. The summed E-state index contributed by atoms with van der Waals surface area (Å²) in [6, 6.07) is 15.5. The summed E-state index contributed by atoms with van der Waals surface area (Å²) in [7, 11) is 0. The monoisotopic (exact) mass is 549 g/mol. The maximum Gasteiger partial charge on any atom is 0.416 e. The summed E-state index contributed by atoms with van der Waals surface area (Å²) >= 11 is 1.53. The topological polar surface area (TPSA) is 84.2 Å². The molecule has 10 heteroatoms. The van der Waals surface area contributed by atoms with Crippen LogP contribution in [0.4, 0.5) is 19.0 Å². The third kappa shape index (κ3) is 4.15. The molecule has 198 valence electrons. The number of halogens is 3. The number of para-hydroxylation sites is 1. The molecule has 2 atom stereocenters. The Morgan fingerprint density at radius 3 is 2.54 bits per heavy atom. The van der Waals surface area contributed by atoms with Gasteiger partial charge in [0, 0.05) is 40.0 Å². The van der Waals surface area contributed by atoms with Gasteiger partial charge in [-0.25, -0.2) is 9.48 Å². The summed E-state index contributed by atoms with van der Waals surface area (Å²) in [5, 5.41) is 19.7. The number of hydrogen-bond acceptors (Lipinski definition) is 5. The van der Waals surface area contributed by atoms with E-state index < -0.39 is 23.6 Å². The number of carboxylic acids is 1. The predicted molar refractivity (Wildman–Crippen MR) is 140 cm³/mol. The van der Waals surface area contributed by atoms with Crippen LogP contribution in [-0.2, 0) is 11.0 Å². The van der Waals surface area contributed by atoms with Crippen molar-refractivity contribution >= 4 is 28.9 Å². The van der Waals surface area contributed by atoms with Crippen molar-refractivity contribution in [2.45, 2.75) is 37.8 Å². The number of carboxylic acid groups (broad SMARTS) is 1. The van der Waals surface area contributed by atoms with Gasteiger partial charge >= 0.3 is 12.1 Å². The average Bonchev–Trinajstić information content (AvgIpc) is 3.55. The molecule has 0 unspecified atom stereocenters. The van der Waals surface area contributed by atoms with Crippen LogP contribution in [0, 0.1) is 6.92 Å². The molecule has 6 rings (SSSR count). The highest BCUT2D eigenvalue weighted by Crippen LogP contribution is 2.52. The molecule has 6 nitrogen and oxygen atoms in total. The minimum Gasteiger partial charge on any atom is -0.478 e. The van der Waals surface area contributed by atoms with Gasteiger partial charge in [0.2, 0.25) is 0 Å². The number of benzene rings is 2. The lowest BCUT2D eigenvalue weighted by Gasteiger charge is -2.36. The molecule has 39 heavy (non-hydrogen) atoms. The van der Waals surface area contributed by atoms with Crippen LogP contribution in [-0.4, -0.2) is 26.6 Å². The molecule has 3 heterocycles. The number of aryl methyl sites for hydroxylation is 1. The van der Waals surface area contributed by atoms with Gasteiger partial charge in [0.25, 0.3) is 0 Å². The van der Waals surface area contributed by atoms with Crippen molar-refractivity contribution in [1.29, 1.82) is 0 Å². The van der Waals surface area contributed by atoms with Crippen LogP contribution < -0.4 is 5.32 Å². The molecule has 0 radical (unpaired) electrons. The molecule has 0 saturated heterocycles. The summed E-state index contributed by atoms with van der Waals surface area (Å²) in [6.07, 6.45) is -4.02. The molecule has 2 N–H and O–H groups in total. The summed E-state index contributed by atoms with van der Waals surface area (Å²) in [6.45, 7) is 1.66. The van der Waals surface area contributed by atoms with E-state index >= 15 is 0 Å². The van der Waals surface area contributed by atoms with E-state index in [1.54, 1.807) is 25.1 Å². The fraction of sp³-hybridized carbons (Fsp3) is 0.207. The second kappa shape index (κ2) is 9.23. The Hall–Kier alpha value is -4.18. The highest BCUT2D eigenvalue weighted by molar-refractivity contribution is 7.10. The van der Waals surface area contributed by atoms with Crippen molar-refractivity contribution in [3.8, 4) is 5.69 Å². The van der Waals surface area contributed by atoms with Crippen molar-refractivity contribution in [2.24, 2.45) is 0 Å². The van der Waals surface area contributed by atoms with Crippen molar-refractivity contribution in [3.05, 3.63) is 110 Å². The van der Waals surface area contributed by atoms with E-state index in [0.717, 1.165) is 10.9 Å². The molecule has 0 bridgehead atoms. The minimum absolute atomic E-state index is 0.00667. The summed E-state index contributed by atoms with van der Waals surface area (Å²) in [5.41, 5.74) is 1.08. The number of carbonyl (C=O) groups excluding carboxylic acids is 1. The standard InChI is InChI=1S/C29H22F3N3O3S/c1-15-24-25(17-7-2-4-9-19(17)29(30,31)32)26-20(13-16(14-22(26)36)23-11-6-12-39-23)33-27(24)35(34-15)21-10-5-3-8-18(21)28(37)38/h2-12,16,25,33H,13-14H2,1H3,(H,37,38)/t16-,25-/m0/s1. The fourth-order valence-corrected chi connectivity index (χ4v) is 6.56. The minimum atomic E-state index is -4.64. The second-order valence-electron chi connectivity index (χ2n) is 9.66. The smallest absolute Gasteiger partial charge is 0.416 e. The molecular weight excluding hydrogens is 527 g/mol. The first kappa shape index (κ1) is 25.1. The molecule has 0 spiro atoms. The summed E-state index contributed by atoms with van der Waals surface area (Å²) < 4.78 is 44.2. The van der Waals surface area contributed by atoms with Gasteiger partial charge in [0.15, 0.2) is 5.78 Å². The maximum absolute atomic E-state index is 14.3. The van der Waals surface area contributed by atoms with Crippen molar-refractivity contribution < 1.29 is 27.9 Å². The molecule has 2 aliphatic rings. The number of nitrogens with one attached hydrogen (secondary N) is 1. The third-order valence-corrected chi connectivity index (χ3v) is 8.38. The second-order valence-corrected chi connectivity index (χ2v) is 10.6. The number of alkyl halides is 3. The molecule has 1 aliphatic carbocycles. The van der Waals surface area contributed by atoms with Gasteiger partial charge in [-0.1, -0.05) is 36.4 Å². The number of ketones is 1. The van der Waals surface area contributed by atoms with E-state index in [1.165, 1.54) is 40.3 Å². The number of fused-ring (bicyclic) bond motifs is 1. The Kier molecular flexibility index (Phi) is 5.95. The quantitative estimate of drug-likeness (QED) is 0.289. The van der Waals surface area contributed by atoms with Crippen molar-refractivity contribution in [1.82, 2.24) is 9.78 Å². The van der Waals surface area contributed by atoms with Crippen molar-refractivity contribution in [2.75, 3.05) is 5.32 Å². The highest BCUT2D eigenvalue weighted by atomic mass is 32.1. The molecular formula is C29H22F3N3O3S. The first-order valence-electron chi connectivity index (χ1n) is 12.3. The first-order chi connectivity index (χ1) is 18.6. The maximum atomic E-state index is 14.3. The Labute approximate surface area is 225 Å². The number of aromatic nitrogens is 2. The molecule has 1 aliphatic heterocycles. The number of hydrogen-bond donors (Lipinski definition) is 2. The Bertz CT molecular complexity index is 1650. The van der Waals surface area contributed by atoms with Gasteiger partial charge < -0.3 is 10.4 Å². The van der Waals surface area contributed by atoms with Crippen LogP contribution in [0.1, 0.15) is 62.3 Å². The van der Waals surface area contributed by atoms with Crippen LogP contribution in [0.15, 0.2) is 77.3 Å². The lowest BCUT2D eigenvalue weighted by molar-refractivity contribution is -0.138. The van der Waals surface area contributed by atoms with Gasteiger partial charge in [-0.3, -0.25) is 4.79 Å². The van der Waals surface area contributed by atoms with Gasteiger partial charge in [0.05, 0.1) is 22.5 Å². The van der Waals surface area contributed by atoms with Crippen LogP contribution in [0.3, 0.4) is 0 Å². The largest absolute Gasteiger partial charge is 0.478 e. The zero-order chi connectivity index (χ0) is 27.5.